The fourth-order valence-electron chi connectivity index (χ4n) is 5.34. The van der Waals surface area contributed by atoms with E-state index in [0.29, 0.717) is 37.9 Å². The zero-order chi connectivity index (χ0) is 34.8. The quantitative estimate of drug-likeness (QED) is 0.0561. The van der Waals surface area contributed by atoms with Gasteiger partial charge in [0, 0.05) is 31.3 Å². The fraction of sp³-hybridized carbons (Fsp3) is 0.467. The first-order chi connectivity index (χ1) is 23.6. The van der Waals surface area contributed by atoms with Crippen LogP contribution >= 0.6 is 7.82 Å². The first-order valence-corrected chi connectivity index (χ1v) is 17.3. The van der Waals surface area contributed by atoms with Gasteiger partial charge in [-0.3, -0.25) is 33.0 Å². The van der Waals surface area contributed by atoms with Gasteiger partial charge < -0.3 is 36.1 Å². The molecule has 0 aliphatic carbocycles. The molecule has 0 spiro atoms. The molecule has 3 aromatic heterocycles. The Morgan fingerprint density at radius 1 is 1.18 bits per heavy atom. The second kappa shape index (κ2) is 16.8. The number of imidazole rings is 2. The number of fused-ring (bicyclic) bond motifs is 1. The summed E-state index contributed by atoms with van der Waals surface area (Å²) in [5, 5.41) is 16.1. The van der Waals surface area contributed by atoms with Gasteiger partial charge in [0.15, 0.2) is 11.2 Å². The summed E-state index contributed by atoms with van der Waals surface area (Å²) in [5.74, 6) is -0.678. The highest BCUT2D eigenvalue weighted by Crippen LogP contribution is 2.44. The van der Waals surface area contributed by atoms with Crippen molar-refractivity contribution in [3.63, 3.8) is 0 Å². The summed E-state index contributed by atoms with van der Waals surface area (Å²) >= 11 is 0. The number of aromatic amines is 2. The summed E-state index contributed by atoms with van der Waals surface area (Å²) in [7, 11) is -4.43. The minimum absolute atomic E-state index is 0.0425. The number of nitrogens with one attached hydrogen (secondary N) is 4. The number of benzene rings is 1. The number of amides is 2. The molecule has 18 nitrogen and oxygen atoms in total. The third-order valence-electron chi connectivity index (χ3n) is 7.83. The van der Waals surface area contributed by atoms with Crippen LogP contribution in [0.4, 0.5) is 5.95 Å². The van der Waals surface area contributed by atoms with Gasteiger partial charge in [0.25, 0.3) is 5.56 Å². The second-order valence-electron chi connectivity index (χ2n) is 11.6. The average molecular weight is 702 g/mol. The van der Waals surface area contributed by atoms with Crippen molar-refractivity contribution in [3.8, 4) is 0 Å². The van der Waals surface area contributed by atoms with Crippen LogP contribution < -0.4 is 21.9 Å². The van der Waals surface area contributed by atoms with E-state index in [1.165, 1.54) is 17.2 Å². The lowest BCUT2D eigenvalue weighted by atomic mass is 10.1. The molecular formula is C30H40N9O9P. The first kappa shape index (κ1) is 35.8. The maximum absolute atomic E-state index is 12.9. The van der Waals surface area contributed by atoms with E-state index in [0.717, 1.165) is 5.56 Å². The molecule has 5 atom stereocenters. The lowest BCUT2D eigenvalue weighted by Crippen LogP contribution is -2.48. The Morgan fingerprint density at radius 2 is 1.98 bits per heavy atom. The normalized spacial score (nSPS) is 19.4. The van der Waals surface area contributed by atoms with Crippen molar-refractivity contribution in [2.75, 3.05) is 25.5 Å². The zero-order valence-electron chi connectivity index (χ0n) is 26.6. The standard InChI is InChI=1S/C30H40N9O9P/c31-30-37-27-26(29(43)38-30)35-18-39(27)25-14-22(40)23(48-25)16-47-49(44,45)46-11-7-2-1-6-10-33-28(42)21(13-20-15-32-17-34-20)36-24(41)12-19-8-4-3-5-9-19/h3-5,8-9,15,17-18,21-23,25,40H,1-2,6-7,10-14,16H2,(H,32,34)(H,33,42)(H,36,41)(H,44,45)(H3,31,37,38,43)/t21-,22-,23+,25+/m0/s1. The minimum Gasteiger partial charge on any atom is -0.390 e. The van der Waals surface area contributed by atoms with Gasteiger partial charge in [0.1, 0.15) is 18.4 Å². The molecule has 19 heteroatoms. The minimum atomic E-state index is -4.43. The molecule has 1 saturated heterocycles. The number of carbonyl (C=O) groups is 2. The highest BCUT2D eigenvalue weighted by Gasteiger charge is 2.38. The van der Waals surface area contributed by atoms with Crippen molar-refractivity contribution in [1.82, 2.24) is 40.1 Å². The summed E-state index contributed by atoms with van der Waals surface area (Å²) in [6.07, 6.45) is 4.71. The number of aliphatic hydroxyl groups excluding tert-OH is 1. The molecule has 1 fully saturated rings. The maximum atomic E-state index is 12.9. The number of hydrogen-bond donors (Lipinski definition) is 7. The lowest BCUT2D eigenvalue weighted by Gasteiger charge is -2.18. The van der Waals surface area contributed by atoms with Gasteiger partial charge in [0.05, 0.1) is 38.4 Å². The number of unbranched alkanes of at least 4 members (excludes halogenated alkanes) is 3. The van der Waals surface area contributed by atoms with E-state index < -0.39 is 44.5 Å². The summed E-state index contributed by atoms with van der Waals surface area (Å²) < 4.78 is 29.8. The number of aliphatic hydroxyl groups is 1. The molecule has 0 radical (unpaired) electrons. The number of H-pyrrole nitrogens is 2. The number of aromatic nitrogens is 6. The highest BCUT2D eigenvalue weighted by atomic mass is 31.2. The molecule has 1 aliphatic rings. The van der Waals surface area contributed by atoms with Gasteiger partial charge >= 0.3 is 7.82 Å². The third kappa shape index (κ3) is 10.3. The average Bonchev–Trinajstić information content (AvgIpc) is 3.82. The molecule has 4 aromatic rings. The predicted octanol–water partition coefficient (Wildman–Crippen LogP) is 0.854. The molecule has 0 bridgehead atoms. The number of ether oxygens (including phenoxy) is 1. The van der Waals surface area contributed by atoms with Gasteiger partial charge in [-0.2, -0.15) is 4.98 Å². The van der Waals surface area contributed by atoms with Crippen LogP contribution in [0, 0.1) is 0 Å². The van der Waals surface area contributed by atoms with Crippen LogP contribution in [-0.4, -0.2) is 89.3 Å². The van der Waals surface area contributed by atoms with Crippen molar-refractivity contribution >= 4 is 36.7 Å². The number of phosphoric acid groups is 1. The van der Waals surface area contributed by atoms with Crippen molar-refractivity contribution < 1.29 is 37.9 Å². The number of anilines is 1. The molecule has 49 heavy (non-hydrogen) atoms. The molecule has 4 heterocycles. The highest BCUT2D eigenvalue weighted by molar-refractivity contribution is 7.47. The van der Waals surface area contributed by atoms with Crippen LogP contribution in [0.15, 0.2) is 54.0 Å². The van der Waals surface area contributed by atoms with Gasteiger partial charge in [-0.05, 0) is 18.4 Å². The van der Waals surface area contributed by atoms with Crippen LogP contribution in [0.5, 0.6) is 0 Å². The third-order valence-corrected chi connectivity index (χ3v) is 8.81. The molecule has 2 amide bonds. The predicted molar refractivity (Wildman–Crippen MR) is 175 cm³/mol. The summed E-state index contributed by atoms with van der Waals surface area (Å²) in [5.41, 5.74) is 6.91. The van der Waals surface area contributed by atoms with Crippen LogP contribution in [0.25, 0.3) is 11.2 Å². The van der Waals surface area contributed by atoms with E-state index in [9.17, 15) is 28.9 Å². The van der Waals surface area contributed by atoms with E-state index in [1.54, 1.807) is 6.20 Å². The Hall–Kier alpha value is -4.45. The number of nitrogens with two attached hydrogens (primary N) is 1. The van der Waals surface area contributed by atoms with Gasteiger partial charge in [0.2, 0.25) is 17.8 Å². The summed E-state index contributed by atoms with van der Waals surface area (Å²) in [6.45, 7) is -0.0734. The van der Waals surface area contributed by atoms with Crippen molar-refractivity contribution in [2.24, 2.45) is 0 Å². The van der Waals surface area contributed by atoms with E-state index in [2.05, 4.69) is 35.6 Å². The van der Waals surface area contributed by atoms with Gasteiger partial charge in [-0.15, -0.1) is 0 Å². The summed E-state index contributed by atoms with van der Waals surface area (Å²) in [4.78, 5) is 65.1. The van der Waals surface area contributed by atoms with E-state index in [4.69, 9.17) is 19.5 Å². The maximum Gasteiger partial charge on any atom is 0.472 e. The second-order valence-corrected chi connectivity index (χ2v) is 13.0. The van der Waals surface area contributed by atoms with Crippen LogP contribution in [0.3, 0.4) is 0 Å². The van der Waals surface area contributed by atoms with Crippen LogP contribution in [0.1, 0.15) is 49.6 Å². The topological polar surface area (TPSA) is 262 Å². The van der Waals surface area contributed by atoms with Crippen molar-refractivity contribution in [2.45, 2.75) is 69.4 Å². The molecule has 1 unspecified atom stereocenters. The SMILES string of the molecule is Nc1nc2c(ncn2[C@H]2C[C@H](O)[C@@H](COP(=O)(O)OCCCCCCNC(=O)[C@H](Cc3cnc[nH]3)NC(=O)Cc3ccccc3)O2)c(=O)[nH]1. The summed E-state index contributed by atoms with van der Waals surface area (Å²) in [6, 6.07) is 8.48. The number of rotatable bonds is 18. The van der Waals surface area contributed by atoms with E-state index in [-0.39, 0.29) is 54.8 Å². The van der Waals surface area contributed by atoms with E-state index in [1.807, 2.05) is 30.3 Å². The molecular weight excluding hydrogens is 661 g/mol. The monoisotopic (exact) mass is 701 g/mol. The van der Waals surface area contributed by atoms with Crippen LogP contribution in [0.2, 0.25) is 0 Å². The Labute approximate surface area is 280 Å². The molecule has 5 rings (SSSR count). The van der Waals surface area contributed by atoms with E-state index >= 15 is 0 Å². The molecule has 264 valence electrons. The fourth-order valence-corrected chi connectivity index (χ4v) is 6.11. The number of phosphoric ester groups is 1. The lowest BCUT2D eigenvalue weighted by molar-refractivity contribution is -0.128. The number of hydrogen-bond acceptors (Lipinski definition) is 12. The number of nitrogen functional groups attached to an aromatic ring is 1. The largest absolute Gasteiger partial charge is 0.472 e. The number of nitrogens with zero attached hydrogens (tertiary/aromatic N) is 4. The van der Waals surface area contributed by atoms with Gasteiger partial charge in [-0.25, -0.2) is 14.5 Å². The molecule has 1 aromatic carbocycles. The van der Waals surface area contributed by atoms with Gasteiger partial charge in [-0.1, -0.05) is 43.2 Å². The molecule has 0 saturated carbocycles. The zero-order valence-corrected chi connectivity index (χ0v) is 27.5. The first-order valence-electron chi connectivity index (χ1n) is 15.8. The van der Waals surface area contributed by atoms with Crippen molar-refractivity contribution in [1.29, 1.82) is 0 Å². The Balaban J connectivity index is 0.970. The van der Waals surface area contributed by atoms with Crippen LogP contribution in [-0.2, 0) is 40.8 Å². The smallest absolute Gasteiger partial charge is 0.390 e. The number of carbonyl (C=O) groups excluding carboxylic acids is 2. The Morgan fingerprint density at radius 3 is 2.76 bits per heavy atom. The Kier molecular flexibility index (Phi) is 12.3. The molecule has 1 aliphatic heterocycles. The van der Waals surface area contributed by atoms with Crippen molar-refractivity contribution in [3.05, 3.63) is 70.8 Å². The Bertz CT molecular complexity index is 1780. The molecule has 8 N–H and O–H groups in total.